The molecule has 1 aromatic heterocycles. The van der Waals surface area contributed by atoms with Gasteiger partial charge in [-0.2, -0.15) is 0 Å². The van der Waals surface area contributed by atoms with Crippen molar-refractivity contribution < 1.29 is 9.32 Å². The largest absolute Gasteiger partial charge is 0.369 e. The SMILES string of the molecule is CN1CCN(c2ccc(NC(=O)Nc3ccon3)cc2)CC1. The Morgan fingerprint density at radius 3 is 2.45 bits per heavy atom. The normalized spacial score (nSPS) is 15.6. The van der Waals surface area contributed by atoms with E-state index < -0.39 is 0 Å². The summed E-state index contributed by atoms with van der Waals surface area (Å²) in [7, 11) is 2.14. The van der Waals surface area contributed by atoms with Crippen LogP contribution in [0, 0.1) is 0 Å². The molecular weight excluding hydrogens is 282 g/mol. The summed E-state index contributed by atoms with van der Waals surface area (Å²) in [6, 6.07) is 9.08. The third kappa shape index (κ3) is 3.56. The number of carbonyl (C=O) groups excluding carboxylic acids is 1. The van der Waals surface area contributed by atoms with E-state index in [4.69, 9.17) is 0 Å². The second-order valence-corrected chi connectivity index (χ2v) is 5.30. The van der Waals surface area contributed by atoms with E-state index in [2.05, 4.69) is 37.2 Å². The third-order valence-electron chi connectivity index (χ3n) is 3.67. The van der Waals surface area contributed by atoms with E-state index >= 15 is 0 Å². The van der Waals surface area contributed by atoms with Crippen LogP contribution in [0.5, 0.6) is 0 Å². The molecule has 2 aromatic rings. The molecule has 0 unspecified atom stereocenters. The van der Waals surface area contributed by atoms with E-state index in [1.54, 1.807) is 6.07 Å². The van der Waals surface area contributed by atoms with Gasteiger partial charge in [-0.3, -0.25) is 5.32 Å². The number of urea groups is 1. The summed E-state index contributed by atoms with van der Waals surface area (Å²) in [5, 5.41) is 8.96. The summed E-state index contributed by atoms with van der Waals surface area (Å²) in [6.45, 7) is 4.19. The van der Waals surface area contributed by atoms with E-state index in [1.165, 1.54) is 12.0 Å². The van der Waals surface area contributed by atoms with Crippen molar-refractivity contribution >= 4 is 23.2 Å². The number of aromatic nitrogens is 1. The summed E-state index contributed by atoms with van der Waals surface area (Å²) in [5.41, 5.74) is 1.91. The molecule has 0 spiro atoms. The van der Waals surface area contributed by atoms with Gasteiger partial charge in [-0.25, -0.2) is 4.79 Å². The Kier molecular flexibility index (Phi) is 4.24. The molecule has 1 saturated heterocycles. The molecule has 1 aromatic carbocycles. The first-order chi connectivity index (χ1) is 10.7. The highest BCUT2D eigenvalue weighted by Gasteiger charge is 2.14. The Morgan fingerprint density at radius 2 is 1.82 bits per heavy atom. The molecule has 1 aliphatic rings. The van der Waals surface area contributed by atoms with Gasteiger partial charge in [0, 0.05) is 43.6 Å². The van der Waals surface area contributed by atoms with Crippen molar-refractivity contribution in [2.24, 2.45) is 0 Å². The predicted octanol–water partition coefficient (Wildman–Crippen LogP) is 2.07. The molecule has 2 amide bonds. The molecule has 3 rings (SSSR count). The zero-order chi connectivity index (χ0) is 15.4. The number of piperazine rings is 1. The van der Waals surface area contributed by atoms with Crippen molar-refractivity contribution in [2.45, 2.75) is 0 Å². The molecule has 0 radical (unpaired) electrons. The van der Waals surface area contributed by atoms with Crippen LogP contribution in [0.1, 0.15) is 0 Å². The van der Waals surface area contributed by atoms with Gasteiger partial charge in [0.25, 0.3) is 0 Å². The van der Waals surface area contributed by atoms with Crippen LogP contribution in [0.3, 0.4) is 0 Å². The lowest BCUT2D eigenvalue weighted by Crippen LogP contribution is -2.44. The van der Waals surface area contributed by atoms with Gasteiger partial charge < -0.3 is 19.6 Å². The highest BCUT2D eigenvalue weighted by molar-refractivity contribution is 5.99. The van der Waals surface area contributed by atoms with Crippen molar-refractivity contribution in [3.05, 3.63) is 36.6 Å². The minimum atomic E-state index is -0.346. The molecule has 0 atom stereocenters. The standard InChI is InChI=1S/C15H19N5O2/c1-19-7-9-20(10-8-19)13-4-2-12(3-5-13)16-15(21)17-14-6-11-22-18-14/h2-6,11H,7-10H2,1H3,(H2,16,17,18,21). The van der Waals surface area contributed by atoms with Gasteiger partial charge in [-0.1, -0.05) is 5.16 Å². The minimum absolute atomic E-state index is 0.346. The first-order valence-corrected chi connectivity index (χ1v) is 7.23. The van der Waals surface area contributed by atoms with Crippen LogP contribution in [0.15, 0.2) is 41.1 Å². The average molecular weight is 301 g/mol. The Bertz CT molecular complexity index is 603. The summed E-state index contributed by atoms with van der Waals surface area (Å²) >= 11 is 0. The molecule has 0 bridgehead atoms. The van der Waals surface area contributed by atoms with Crippen molar-refractivity contribution in [3.8, 4) is 0 Å². The maximum atomic E-state index is 11.8. The van der Waals surface area contributed by atoms with E-state index in [9.17, 15) is 4.79 Å². The molecule has 22 heavy (non-hydrogen) atoms. The molecule has 116 valence electrons. The number of likely N-dealkylation sites (N-methyl/N-ethyl adjacent to an activating group) is 1. The van der Waals surface area contributed by atoms with Crippen molar-refractivity contribution in [1.29, 1.82) is 0 Å². The van der Waals surface area contributed by atoms with E-state index in [1.807, 2.05) is 24.3 Å². The van der Waals surface area contributed by atoms with Gasteiger partial charge in [0.05, 0.1) is 0 Å². The zero-order valence-electron chi connectivity index (χ0n) is 12.5. The number of hydrogen-bond donors (Lipinski definition) is 2. The van der Waals surface area contributed by atoms with Crippen molar-refractivity contribution in [2.75, 3.05) is 48.8 Å². The van der Waals surface area contributed by atoms with Crippen LogP contribution < -0.4 is 15.5 Å². The van der Waals surface area contributed by atoms with Crippen LogP contribution in [-0.4, -0.2) is 49.3 Å². The minimum Gasteiger partial charge on any atom is -0.369 e. The Morgan fingerprint density at radius 1 is 1.09 bits per heavy atom. The van der Waals surface area contributed by atoms with Gasteiger partial charge >= 0.3 is 6.03 Å². The molecule has 0 saturated carbocycles. The molecule has 7 nitrogen and oxygen atoms in total. The summed E-state index contributed by atoms with van der Waals surface area (Å²) in [4.78, 5) is 16.4. The van der Waals surface area contributed by atoms with E-state index in [0.717, 1.165) is 31.9 Å². The highest BCUT2D eigenvalue weighted by atomic mass is 16.5. The summed E-state index contributed by atoms with van der Waals surface area (Å²) in [6.07, 6.45) is 1.40. The van der Waals surface area contributed by atoms with E-state index in [-0.39, 0.29) is 6.03 Å². The summed E-state index contributed by atoms with van der Waals surface area (Å²) in [5.74, 6) is 0.381. The quantitative estimate of drug-likeness (QED) is 0.908. The Balaban J connectivity index is 1.56. The topological polar surface area (TPSA) is 73.6 Å². The van der Waals surface area contributed by atoms with Crippen LogP contribution in [0.2, 0.25) is 0 Å². The molecule has 2 heterocycles. The first kappa shape index (κ1) is 14.4. The van der Waals surface area contributed by atoms with Gasteiger partial charge in [-0.15, -0.1) is 0 Å². The lowest BCUT2D eigenvalue weighted by Gasteiger charge is -2.34. The fourth-order valence-corrected chi connectivity index (χ4v) is 2.38. The van der Waals surface area contributed by atoms with Crippen LogP contribution in [0.4, 0.5) is 22.0 Å². The predicted molar refractivity (Wildman–Crippen MR) is 85.3 cm³/mol. The maximum absolute atomic E-state index is 11.8. The van der Waals surface area contributed by atoms with E-state index in [0.29, 0.717) is 5.82 Å². The molecule has 0 aliphatic carbocycles. The zero-order valence-corrected chi connectivity index (χ0v) is 12.5. The number of amides is 2. The van der Waals surface area contributed by atoms with Gasteiger partial charge in [0.1, 0.15) is 6.26 Å². The van der Waals surface area contributed by atoms with Crippen molar-refractivity contribution in [1.82, 2.24) is 10.1 Å². The molecule has 7 heteroatoms. The molecular formula is C15H19N5O2. The fraction of sp³-hybridized carbons (Fsp3) is 0.333. The molecule has 1 aliphatic heterocycles. The van der Waals surface area contributed by atoms with Crippen molar-refractivity contribution in [3.63, 3.8) is 0 Å². The number of hydrogen-bond acceptors (Lipinski definition) is 5. The van der Waals surface area contributed by atoms with Crippen LogP contribution in [-0.2, 0) is 0 Å². The molecule has 1 fully saturated rings. The number of carbonyl (C=O) groups is 1. The Hall–Kier alpha value is -2.54. The Labute approximate surface area is 128 Å². The van der Waals surface area contributed by atoms with Crippen LogP contribution >= 0.6 is 0 Å². The lowest BCUT2D eigenvalue weighted by atomic mass is 10.2. The number of benzene rings is 1. The second-order valence-electron chi connectivity index (χ2n) is 5.30. The van der Waals surface area contributed by atoms with Crippen LogP contribution in [0.25, 0.3) is 0 Å². The first-order valence-electron chi connectivity index (χ1n) is 7.23. The van der Waals surface area contributed by atoms with Gasteiger partial charge in [0.15, 0.2) is 5.82 Å². The maximum Gasteiger partial charge on any atom is 0.324 e. The number of rotatable bonds is 3. The summed E-state index contributed by atoms with van der Waals surface area (Å²) < 4.78 is 4.65. The monoisotopic (exact) mass is 301 g/mol. The smallest absolute Gasteiger partial charge is 0.324 e. The number of anilines is 3. The average Bonchev–Trinajstić information content (AvgIpc) is 3.02. The third-order valence-corrected chi connectivity index (χ3v) is 3.67. The second kappa shape index (κ2) is 6.48. The number of nitrogens with zero attached hydrogens (tertiary/aromatic N) is 3. The highest BCUT2D eigenvalue weighted by Crippen LogP contribution is 2.19. The molecule has 2 N–H and O–H groups in total. The van der Waals surface area contributed by atoms with Gasteiger partial charge in [-0.05, 0) is 31.3 Å². The number of nitrogens with one attached hydrogen (secondary N) is 2. The fourth-order valence-electron chi connectivity index (χ4n) is 2.38. The lowest BCUT2D eigenvalue weighted by molar-refractivity contribution is 0.262. The van der Waals surface area contributed by atoms with Gasteiger partial charge in [0.2, 0.25) is 0 Å².